The molecule has 1 fully saturated rings. The number of hydrogen-bond donors (Lipinski definition) is 0. The van der Waals surface area contributed by atoms with Crippen LogP contribution in [0.4, 0.5) is 5.69 Å². The van der Waals surface area contributed by atoms with Gasteiger partial charge in [-0.25, -0.2) is 0 Å². The number of rotatable bonds is 4. The second-order valence-corrected chi connectivity index (χ2v) is 7.13. The van der Waals surface area contributed by atoms with Gasteiger partial charge < -0.3 is 18.9 Å². The van der Waals surface area contributed by atoms with Crippen LogP contribution in [0.3, 0.4) is 0 Å². The Morgan fingerprint density at radius 1 is 1.23 bits per heavy atom. The molecule has 0 radical (unpaired) electrons. The molecule has 0 amide bonds. The van der Waals surface area contributed by atoms with Gasteiger partial charge in [-0.15, -0.1) is 0 Å². The summed E-state index contributed by atoms with van der Waals surface area (Å²) in [6.07, 6.45) is 0.631. The van der Waals surface area contributed by atoms with Crippen LogP contribution < -0.4 is 14.2 Å². The molecule has 1 saturated heterocycles. The third kappa shape index (κ3) is 3.10. The standard InChI is InChI=1S/C18H16BrNO6/c1-10-4-5-23-18(10)12-3-2-11(6-14(12)20(21)22)26-15-8-17-16(7-13(15)19)24-9-25-17/h2-3,6-8,10,18H,4-5,9H2,1H3/t10-,18?/m0/s1. The Labute approximate surface area is 158 Å². The highest BCUT2D eigenvalue weighted by atomic mass is 79.9. The summed E-state index contributed by atoms with van der Waals surface area (Å²) in [7, 11) is 0. The SMILES string of the molecule is C[C@H]1CCOC1c1ccc(Oc2cc3c(cc2Br)OCO3)cc1[N+](=O)[O-]. The molecule has 2 aliphatic rings. The van der Waals surface area contributed by atoms with Crippen LogP contribution in [-0.4, -0.2) is 18.3 Å². The van der Waals surface area contributed by atoms with Crippen molar-refractivity contribution in [3.8, 4) is 23.0 Å². The number of nitro groups is 1. The lowest BCUT2D eigenvalue weighted by atomic mass is 9.96. The second kappa shape index (κ2) is 6.77. The highest BCUT2D eigenvalue weighted by Crippen LogP contribution is 2.44. The maximum atomic E-state index is 11.6. The van der Waals surface area contributed by atoms with Gasteiger partial charge in [0.15, 0.2) is 11.5 Å². The Morgan fingerprint density at radius 3 is 2.69 bits per heavy atom. The van der Waals surface area contributed by atoms with Crippen LogP contribution in [0.2, 0.25) is 0 Å². The summed E-state index contributed by atoms with van der Waals surface area (Å²) < 4.78 is 22.8. The van der Waals surface area contributed by atoms with Crippen LogP contribution in [0.5, 0.6) is 23.0 Å². The highest BCUT2D eigenvalue weighted by molar-refractivity contribution is 9.10. The highest BCUT2D eigenvalue weighted by Gasteiger charge is 2.32. The first-order valence-corrected chi connectivity index (χ1v) is 8.99. The molecule has 1 unspecified atom stereocenters. The number of benzene rings is 2. The first-order valence-electron chi connectivity index (χ1n) is 8.20. The third-order valence-corrected chi connectivity index (χ3v) is 5.17. The minimum absolute atomic E-state index is 0.00174. The van der Waals surface area contributed by atoms with Gasteiger partial charge in [0.1, 0.15) is 11.5 Å². The van der Waals surface area contributed by atoms with Gasteiger partial charge in [0.25, 0.3) is 5.69 Å². The Bertz CT molecular complexity index is 871. The van der Waals surface area contributed by atoms with Gasteiger partial charge in [0, 0.05) is 18.7 Å². The maximum Gasteiger partial charge on any atom is 0.278 e. The Kier molecular flexibility index (Phi) is 4.46. The van der Waals surface area contributed by atoms with Gasteiger partial charge in [-0.05, 0) is 40.4 Å². The van der Waals surface area contributed by atoms with E-state index in [9.17, 15) is 10.1 Å². The molecule has 0 N–H and O–H groups in total. The molecule has 2 aromatic rings. The third-order valence-electron chi connectivity index (χ3n) is 4.55. The zero-order valence-corrected chi connectivity index (χ0v) is 15.5. The van der Waals surface area contributed by atoms with Gasteiger partial charge in [0.05, 0.1) is 27.1 Å². The summed E-state index contributed by atoms with van der Waals surface area (Å²) in [5, 5.41) is 11.6. The fourth-order valence-corrected chi connectivity index (χ4v) is 3.59. The number of hydrogen-bond acceptors (Lipinski definition) is 6. The first-order chi connectivity index (χ1) is 12.5. The summed E-state index contributed by atoms with van der Waals surface area (Å²) in [5.74, 6) is 2.29. The van der Waals surface area contributed by atoms with E-state index in [1.54, 1.807) is 24.3 Å². The zero-order chi connectivity index (χ0) is 18.3. The summed E-state index contributed by atoms with van der Waals surface area (Å²) in [5.41, 5.74) is 0.579. The molecule has 0 bridgehead atoms. The van der Waals surface area contributed by atoms with Gasteiger partial charge in [0.2, 0.25) is 6.79 Å². The fraction of sp³-hybridized carbons (Fsp3) is 0.333. The van der Waals surface area contributed by atoms with E-state index in [0.29, 0.717) is 39.6 Å². The molecule has 4 rings (SSSR count). The van der Waals surface area contributed by atoms with E-state index < -0.39 is 4.92 Å². The predicted octanol–water partition coefficient (Wildman–Crippen LogP) is 4.98. The van der Waals surface area contributed by atoms with Crippen LogP contribution in [0, 0.1) is 16.0 Å². The largest absolute Gasteiger partial charge is 0.456 e. The van der Waals surface area contributed by atoms with Crippen molar-refractivity contribution in [1.82, 2.24) is 0 Å². The van der Waals surface area contributed by atoms with Crippen LogP contribution in [0.1, 0.15) is 25.0 Å². The lowest BCUT2D eigenvalue weighted by molar-refractivity contribution is -0.386. The lowest BCUT2D eigenvalue weighted by Gasteiger charge is -2.16. The van der Waals surface area contributed by atoms with E-state index >= 15 is 0 Å². The molecule has 8 heteroatoms. The number of halogens is 1. The van der Waals surface area contributed by atoms with Crippen molar-refractivity contribution in [2.75, 3.05) is 13.4 Å². The molecular formula is C18H16BrNO6. The molecule has 2 aliphatic heterocycles. The molecule has 136 valence electrons. The number of nitro benzene ring substituents is 1. The van der Waals surface area contributed by atoms with E-state index in [4.69, 9.17) is 18.9 Å². The maximum absolute atomic E-state index is 11.6. The monoisotopic (exact) mass is 421 g/mol. The molecular weight excluding hydrogens is 406 g/mol. The average Bonchev–Trinajstić information content (AvgIpc) is 3.23. The quantitative estimate of drug-likeness (QED) is 0.511. The molecule has 2 aromatic carbocycles. The Hall–Kier alpha value is -2.32. The minimum Gasteiger partial charge on any atom is -0.456 e. The van der Waals surface area contributed by atoms with Crippen LogP contribution >= 0.6 is 15.9 Å². The van der Waals surface area contributed by atoms with Crippen LogP contribution in [-0.2, 0) is 4.74 Å². The number of nitrogens with zero attached hydrogens (tertiary/aromatic N) is 1. The molecule has 7 nitrogen and oxygen atoms in total. The van der Waals surface area contributed by atoms with E-state index in [1.807, 2.05) is 6.92 Å². The Morgan fingerprint density at radius 2 is 2.00 bits per heavy atom. The molecule has 0 saturated carbocycles. The molecule has 0 aliphatic carbocycles. The van der Waals surface area contributed by atoms with Crippen LogP contribution in [0.25, 0.3) is 0 Å². The topological polar surface area (TPSA) is 80.1 Å². The van der Waals surface area contributed by atoms with Crippen molar-refractivity contribution in [3.05, 3.63) is 50.5 Å². The van der Waals surface area contributed by atoms with Gasteiger partial charge >= 0.3 is 0 Å². The van der Waals surface area contributed by atoms with Crippen molar-refractivity contribution in [1.29, 1.82) is 0 Å². The minimum atomic E-state index is -0.398. The van der Waals surface area contributed by atoms with E-state index in [-0.39, 0.29) is 24.5 Å². The van der Waals surface area contributed by atoms with Crippen LogP contribution in [0.15, 0.2) is 34.8 Å². The van der Waals surface area contributed by atoms with Gasteiger partial charge in [-0.3, -0.25) is 10.1 Å². The summed E-state index contributed by atoms with van der Waals surface area (Å²) in [4.78, 5) is 11.2. The van der Waals surface area contributed by atoms with Crippen molar-refractivity contribution in [3.63, 3.8) is 0 Å². The van der Waals surface area contributed by atoms with E-state index in [2.05, 4.69) is 15.9 Å². The molecule has 26 heavy (non-hydrogen) atoms. The second-order valence-electron chi connectivity index (χ2n) is 6.27. The fourth-order valence-electron chi connectivity index (χ4n) is 3.18. The normalized spacial score (nSPS) is 21.0. The first kappa shape index (κ1) is 17.1. The van der Waals surface area contributed by atoms with Crippen molar-refractivity contribution in [2.24, 2.45) is 5.92 Å². The number of ether oxygens (including phenoxy) is 4. The van der Waals surface area contributed by atoms with Crippen molar-refractivity contribution in [2.45, 2.75) is 19.4 Å². The lowest BCUT2D eigenvalue weighted by Crippen LogP contribution is -2.07. The Balaban J connectivity index is 1.66. The van der Waals surface area contributed by atoms with E-state index in [0.717, 1.165) is 6.42 Å². The van der Waals surface area contributed by atoms with Gasteiger partial charge in [-0.2, -0.15) is 0 Å². The summed E-state index contributed by atoms with van der Waals surface area (Å²) in [6.45, 7) is 2.81. The number of fused-ring (bicyclic) bond motifs is 1. The summed E-state index contributed by atoms with van der Waals surface area (Å²) in [6, 6.07) is 8.29. The van der Waals surface area contributed by atoms with Gasteiger partial charge in [-0.1, -0.05) is 6.92 Å². The molecule has 2 atom stereocenters. The molecule has 2 heterocycles. The summed E-state index contributed by atoms with van der Waals surface area (Å²) >= 11 is 3.42. The van der Waals surface area contributed by atoms with Crippen molar-refractivity contribution < 1.29 is 23.9 Å². The average molecular weight is 422 g/mol. The van der Waals surface area contributed by atoms with E-state index in [1.165, 1.54) is 6.07 Å². The molecule has 0 spiro atoms. The van der Waals surface area contributed by atoms with Crippen molar-refractivity contribution >= 4 is 21.6 Å². The zero-order valence-electron chi connectivity index (χ0n) is 13.9. The molecule has 0 aromatic heterocycles. The predicted molar refractivity (Wildman–Crippen MR) is 95.9 cm³/mol. The smallest absolute Gasteiger partial charge is 0.278 e.